The molecule has 76 valence electrons. The Balaban J connectivity index is 2.05. The van der Waals surface area contributed by atoms with Crippen LogP contribution in [-0.4, -0.2) is 30.0 Å². The predicted molar refractivity (Wildman–Crippen MR) is 53.7 cm³/mol. The van der Waals surface area contributed by atoms with Gasteiger partial charge in [0.25, 0.3) is 0 Å². The van der Waals surface area contributed by atoms with Gasteiger partial charge in [0, 0.05) is 6.20 Å². The van der Waals surface area contributed by atoms with E-state index >= 15 is 0 Å². The molecule has 14 heavy (non-hydrogen) atoms. The first-order chi connectivity index (χ1) is 6.75. The Morgan fingerprint density at radius 3 is 2.64 bits per heavy atom. The fourth-order valence-corrected chi connectivity index (χ4v) is 1.97. The number of pyridine rings is 1. The number of hydrogen-bond acceptors (Lipinski definition) is 2. The molecule has 1 aromatic heterocycles. The van der Waals surface area contributed by atoms with Gasteiger partial charge in [-0.25, -0.2) is 4.98 Å². The summed E-state index contributed by atoms with van der Waals surface area (Å²) in [5.74, 6) is 0.181. The Morgan fingerprint density at radius 1 is 1.36 bits per heavy atom. The minimum Gasteiger partial charge on any atom is -0.306 e. The lowest BCUT2D eigenvalue weighted by Crippen LogP contribution is -2.29. The summed E-state index contributed by atoms with van der Waals surface area (Å²) in [7, 11) is 2.14. The van der Waals surface area contributed by atoms with Crippen LogP contribution in [0, 0.1) is 5.95 Å². The van der Waals surface area contributed by atoms with Gasteiger partial charge in [-0.05, 0) is 50.5 Å². The molecular formula is C11H15FN2. The first-order valence-electron chi connectivity index (χ1n) is 5.05. The van der Waals surface area contributed by atoms with Crippen LogP contribution < -0.4 is 0 Å². The first kappa shape index (κ1) is 9.59. The third-order valence-electron chi connectivity index (χ3n) is 2.94. The summed E-state index contributed by atoms with van der Waals surface area (Å²) in [5, 5.41) is 0. The molecule has 1 aromatic rings. The van der Waals surface area contributed by atoms with E-state index in [1.54, 1.807) is 6.20 Å². The van der Waals surface area contributed by atoms with Crippen molar-refractivity contribution in [2.24, 2.45) is 0 Å². The second-order valence-corrected chi connectivity index (χ2v) is 3.99. The summed E-state index contributed by atoms with van der Waals surface area (Å²) in [6.45, 7) is 2.25. The third kappa shape index (κ3) is 2.10. The van der Waals surface area contributed by atoms with Crippen molar-refractivity contribution in [2.75, 3.05) is 20.1 Å². The van der Waals surface area contributed by atoms with Gasteiger partial charge in [0.2, 0.25) is 5.95 Å². The average molecular weight is 194 g/mol. The fourth-order valence-electron chi connectivity index (χ4n) is 1.97. The number of rotatable bonds is 1. The molecule has 0 unspecified atom stereocenters. The Morgan fingerprint density at radius 2 is 2.07 bits per heavy atom. The highest BCUT2D eigenvalue weighted by molar-refractivity contribution is 5.15. The van der Waals surface area contributed by atoms with Gasteiger partial charge in [-0.1, -0.05) is 6.07 Å². The minimum atomic E-state index is -0.387. The first-order valence-corrected chi connectivity index (χ1v) is 5.05. The van der Waals surface area contributed by atoms with Crippen LogP contribution in [0.3, 0.4) is 0 Å². The lowest BCUT2D eigenvalue weighted by molar-refractivity contribution is 0.255. The highest BCUT2D eigenvalue weighted by Crippen LogP contribution is 2.26. The number of halogens is 1. The summed E-state index contributed by atoms with van der Waals surface area (Å²) in [5.41, 5.74) is 1.18. The summed E-state index contributed by atoms with van der Waals surface area (Å²) < 4.78 is 12.6. The van der Waals surface area contributed by atoms with Crippen LogP contribution >= 0.6 is 0 Å². The van der Waals surface area contributed by atoms with Crippen LogP contribution in [0.15, 0.2) is 18.3 Å². The van der Waals surface area contributed by atoms with Gasteiger partial charge in [0.05, 0.1) is 0 Å². The number of hydrogen-bond donors (Lipinski definition) is 0. The van der Waals surface area contributed by atoms with Crippen LogP contribution in [-0.2, 0) is 0 Å². The standard InChI is InChI=1S/C11H15FN2/c1-14-6-4-9(5-7-14)10-2-3-11(12)13-8-10/h2-3,8-9H,4-7H2,1H3. The molecule has 1 aliphatic heterocycles. The van der Waals surface area contributed by atoms with Crippen molar-refractivity contribution in [3.63, 3.8) is 0 Å². The van der Waals surface area contributed by atoms with Crippen molar-refractivity contribution in [1.29, 1.82) is 0 Å². The van der Waals surface area contributed by atoms with E-state index in [0.717, 1.165) is 25.9 Å². The second-order valence-electron chi connectivity index (χ2n) is 3.99. The van der Waals surface area contributed by atoms with Gasteiger partial charge < -0.3 is 4.90 Å². The zero-order chi connectivity index (χ0) is 9.97. The molecule has 0 aromatic carbocycles. The maximum atomic E-state index is 12.6. The van der Waals surface area contributed by atoms with Crippen molar-refractivity contribution >= 4 is 0 Å². The highest BCUT2D eigenvalue weighted by Gasteiger charge is 2.18. The molecule has 0 spiro atoms. The van der Waals surface area contributed by atoms with E-state index in [1.807, 2.05) is 6.07 Å². The molecule has 1 saturated heterocycles. The predicted octanol–water partition coefficient (Wildman–Crippen LogP) is 2.03. The maximum Gasteiger partial charge on any atom is 0.212 e. The molecule has 0 saturated carbocycles. The molecule has 0 amide bonds. The molecule has 2 heterocycles. The number of likely N-dealkylation sites (tertiary alicyclic amines) is 1. The third-order valence-corrected chi connectivity index (χ3v) is 2.94. The Hall–Kier alpha value is -0.960. The van der Waals surface area contributed by atoms with Gasteiger partial charge in [-0.2, -0.15) is 4.39 Å². The molecule has 0 N–H and O–H groups in total. The van der Waals surface area contributed by atoms with Crippen molar-refractivity contribution < 1.29 is 4.39 Å². The Kier molecular flexibility index (Phi) is 2.77. The number of nitrogens with zero attached hydrogens (tertiary/aromatic N) is 2. The van der Waals surface area contributed by atoms with E-state index in [4.69, 9.17) is 0 Å². The van der Waals surface area contributed by atoms with E-state index in [9.17, 15) is 4.39 Å². The zero-order valence-electron chi connectivity index (χ0n) is 8.41. The SMILES string of the molecule is CN1CCC(c2ccc(F)nc2)CC1. The molecular weight excluding hydrogens is 179 g/mol. The van der Waals surface area contributed by atoms with Crippen molar-refractivity contribution in [1.82, 2.24) is 9.88 Å². The zero-order valence-corrected chi connectivity index (χ0v) is 8.41. The van der Waals surface area contributed by atoms with Crippen LogP contribution in [0.4, 0.5) is 4.39 Å². The fraction of sp³-hybridized carbons (Fsp3) is 0.545. The van der Waals surface area contributed by atoms with E-state index in [0.29, 0.717) is 5.92 Å². The van der Waals surface area contributed by atoms with Crippen molar-refractivity contribution in [3.05, 3.63) is 29.8 Å². The smallest absolute Gasteiger partial charge is 0.212 e. The van der Waals surface area contributed by atoms with E-state index in [2.05, 4.69) is 16.9 Å². The van der Waals surface area contributed by atoms with Crippen LogP contribution in [0.5, 0.6) is 0 Å². The van der Waals surface area contributed by atoms with Gasteiger partial charge >= 0.3 is 0 Å². The molecule has 0 atom stereocenters. The van der Waals surface area contributed by atoms with E-state index < -0.39 is 0 Å². The second kappa shape index (κ2) is 4.05. The monoisotopic (exact) mass is 194 g/mol. The molecule has 0 bridgehead atoms. The van der Waals surface area contributed by atoms with Crippen molar-refractivity contribution in [2.45, 2.75) is 18.8 Å². The molecule has 1 fully saturated rings. The Labute approximate surface area is 83.8 Å². The lowest BCUT2D eigenvalue weighted by Gasteiger charge is -2.28. The van der Waals surface area contributed by atoms with Crippen LogP contribution in [0.1, 0.15) is 24.3 Å². The summed E-state index contributed by atoms with van der Waals surface area (Å²) >= 11 is 0. The molecule has 2 nitrogen and oxygen atoms in total. The van der Waals surface area contributed by atoms with E-state index in [1.165, 1.54) is 11.6 Å². The molecule has 0 aliphatic carbocycles. The van der Waals surface area contributed by atoms with Crippen LogP contribution in [0.25, 0.3) is 0 Å². The quantitative estimate of drug-likeness (QED) is 0.636. The summed E-state index contributed by atoms with van der Waals surface area (Å²) in [6.07, 6.45) is 3.99. The average Bonchev–Trinajstić information content (AvgIpc) is 2.21. The highest BCUT2D eigenvalue weighted by atomic mass is 19.1. The molecule has 3 heteroatoms. The lowest BCUT2D eigenvalue weighted by atomic mass is 9.91. The minimum absolute atomic E-state index is 0.387. The van der Waals surface area contributed by atoms with E-state index in [-0.39, 0.29) is 5.95 Å². The largest absolute Gasteiger partial charge is 0.306 e. The van der Waals surface area contributed by atoms with Gasteiger partial charge in [-0.3, -0.25) is 0 Å². The topological polar surface area (TPSA) is 16.1 Å². The molecule has 0 radical (unpaired) electrons. The van der Waals surface area contributed by atoms with Crippen LogP contribution in [0.2, 0.25) is 0 Å². The Bertz CT molecular complexity index is 289. The number of aromatic nitrogens is 1. The van der Waals surface area contributed by atoms with Gasteiger partial charge in [0.15, 0.2) is 0 Å². The van der Waals surface area contributed by atoms with Gasteiger partial charge in [0.1, 0.15) is 0 Å². The molecule has 1 aliphatic rings. The summed E-state index contributed by atoms with van der Waals surface area (Å²) in [6, 6.07) is 3.31. The van der Waals surface area contributed by atoms with Crippen molar-refractivity contribution in [3.8, 4) is 0 Å². The number of piperidine rings is 1. The maximum absolute atomic E-state index is 12.6. The summed E-state index contributed by atoms with van der Waals surface area (Å²) in [4.78, 5) is 6.02. The van der Waals surface area contributed by atoms with Gasteiger partial charge in [-0.15, -0.1) is 0 Å². The normalized spacial score (nSPS) is 19.9. The molecule has 2 rings (SSSR count).